The molecule has 1 aromatic heterocycles. The molecular formula is C17H23N3O2. The summed E-state index contributed by atoms with van der Waals surface area (Å²) in [5.41, 5.74) is 2.29. The van der Waals surface area contributed by atoms with Crippen LogP contribution in [0.3, 0.4) is 0 Å². The molecule has 0 saturated heterocycles. The zero-order chi connectivity index (χ0) is 15.5. The highest BCUT2D eigenvalue weighted by molar-refractivity contribution is 5.41. The first-order chi connectivity index (χ1) is 10.7. The molecule has 1 aromatic carbocycles. The van der Waals surface area contributed by atoms with Gasteiger partial charge in [0, 0.05) is 6.42 Å². The summed E-state index contributed by atoms with van der Waals surface area (Å²) in [6, 6.07) is 5.79. The van der Waals surface area contributed by atoms with Gasteiger partial charge in [-0.25, -0.2) is 4.98 Å². The molecule has 1 heterocycles. The van der Waals surface area contributed by atoms with Gasteiger partial charge in [-0.05, 0) is 36.0 Å². The quantitative estimate of drug-likeness (QED) is 0.922. The van der Waals surface area contributed by atoms with Gasteiger partial charge in [-0.1, -0.05) is 26.0 Å². The Hall–Kier alpha value is -1.88. The summed E-state index contributed by atoms with van der Waals surface area (Å²) in [7, 11) is 0. The minimum absolute atomic E-state index is 0.113. The molecule has 0 spiro atoms. The lowest BCUT2D eigenvalue weighted by atomic mass is 9.82. The Kier molecular flexibility index (Phi) is 4.43. The number of hydrogen-bond acceptors (Lipinski definition) is 4. The smallest absolute Gasteiger partial charge is 0.137 e. The maximum Gasteiger partial charge on any atom is 0.137 e. The highest BCUT2D eigenvalue weighted by Crippen LogP contribution is 2.33. The van der Waals surface area contributed by atoms with Crippen molar-refractivity contribution in [1.29, 1.82) is 0 Å². The van der Waals surface area contributed by atoms with Gasteiger partial charge in [0.05, 0.1) is 18.8 Å². The van der Waals surface area contributed by atoms with Crippen LogP contribution >= 0.6 is 0 Å². The van der Waals surface area contributed by atoms with Gasteiger partial charge in [-0.2, -0.15) is 5.10 Å². The van der Waals surface area contributed by atoms with Crippen molar-refractivity contribution >= 4 is 0 Å². The predicted molar refractivity (Wildman–Crippen MR) is 83.7 cm³/mol. The Morgan fingerprint density at radius 3 is 3.00 bits per heavy atom. The largest absolute Gasteiger partial charge is 0.508 e. The van der Waals surface area contributed by atoms with E-state index in [-0.39, 0.29) is 12.2 Å². The Morgan fingerprint density at radius 1 is 1.41 bits per heavy atom. The highest BCUT2D eigenvalue weighted by Gasteiger charge is 2.29. The van der Waals surface area contributed by atoms with Crippen LogP contribution in [0.1, 0.15) is 31.4 Å². The number of aromatic nitrogens is 3. The summed E-state index contributed by atoms with van der Waals surface area (Å²) >= 11 is 0. The lowest BCUT2D eigenvalue weighted by molar-refractivity contribution is -0.0521. The van der Waals surface area contributed by atoms with Gasteiger partial charge in [-0.3, -0.25) is 4.68 Å². The molecule has 0 radical (unpaired) electrons. The number of hydrogen-bond donors (Lipinski definition) is 1. The molecule has 22 heavy (non-hydrogen) atoms. The normalized spacial score (nSPS) is 22.3. The van der Waals surface area contributed by atoms with Crippen LogP contribution in [0.15, 0.2) is 30.9 Å². The van der Waals surface area contributed by atoms with Crippen molar-refractivity contribution in [1.82, 2.24) is 14.8 Å². The molecule has 0 aliphatic heterocycles. The fraction of sp³-hybridized carbons (Fsp3) is 0.529. The van der Waals surface area contributed by atoms with Crippen LogP contribution in [0, 0.1) is 5.92 Å². The molecule has 5 heteroatoms. The lowest BCUT2D eigenvalue weighted by Gasteiger charge is -2.33. The number of fused-ring (bicyclic) bond motifs is 1. The second kappa shape index (κ2) is 6.48. The standard InChI is InChI=1S/C17H23N3O2/c1-3-14(9-20-11-18-10-19-20)22-17-8-15-13(7-12(17)2)5-4-6-16(15)21/h4-6,10-12,14,17,21H,3,7-9H2,1-2H3/t12-,14-,17-/m1/s1. The summed E-state index contributed by atoms with van der Waals surface area (Å²) in [5.74, 6) is 0.835. The SMILES string of the molecule is CC[C@H](Cn1cncn1)O[C@@H]1Cc2c(O)cccc2C[C@H]1C. The van der Waals surface area contributed by atoms with Gasteiger partial charge in [0.2, 0.25) is 0 Å². The van der Waals surface area contributed by atoms with E-state index in [0.717, 1.165) is 24.8 Å². The number of aromatic hydroxyl groups is 1. The number of ether oxygens (including phenoxy) is 1. The van der Waals surface area contributed by atoms with Crippen molar-refractivity contribution in [2.75, 3.05) is 0 Å². The van der Waals surface area contributed by atoms with Crippen LogP contribution in [-0.4, -0.2) is 32.1 Å². The van der Waals surface area contributed by atoms with E-state index in [1.165, 1.54) is 5.56 Å². The Balaban J connectivity index is 1.70. The average molecular weight is 301 g/mol. The molecule has 0 fully saturated rings. The van der Waals surface area contributed by atoms with Gasteiger partial charge in [0.1, 0.15) is 18.4 Å². The summed E-state index contributed by atoms with van der Waals surface area (Å²) < 4.78 is 8.15. The second-order valence-electron chi connectivity index (χ2n) is 6.12. The number of benzene rings is 1. The van der Waals surface area contributed by atoms with E-state index in [1.807, 2.05) is 10.7 Å². The topological polar surface area (TPSA) is 60.2 Å². The minimum atomic E-state index is 0.113. The Morgan fingerprint density at radius 2 is 2.27 bits per heavy atom. The van der Waals surface area contributed by atoms with Crippen LogP contribution in [0.25, 0.3) is 0 Å². The van der Waals surface area contributed by atoms with Crippen LogP contribution < -0.4 is 0 Å². The second-order valence-corrected chi connectivity index (χ2v) is 6.12. The first kappa shape index (κ1) is 15.0. The third kappa shape index (κ3) is 3.14. The third-order valence-corrected chi connectivity index (χ3v) is 4.51. The summed E-state index contributed by atoms with van der Waals surface area (Å²) in [5, 5.41) is 14.2. The van der Waals surface area contributed by atoms with Crippen LogP contribution in [-0.2, 0) is 24.1 Å². The number of phenols is 1. The summed E-state index contributed by atoms with van der Waals surface area (Å²) in [6.07, 6.45) is 6.17. The van der Waals surface area contributed by atoms with Gasteiger partial charge in [0.15, 0.2) is 0 Å². The maximum atomic E-state index is 10.1. The number of nitrogens with zero attached hydrogens (tertiary/aromatic N) is 3. The van der Waals surface area contributed by atoms with E-state index in [0.29, 0.717) is 18.2 Å². The molecule has 5 nitrogen and oxygen atoms in total. The van der Waals surface area contributed by atoms with E-state index >= 15 is 0 Å². The zero-order valence-electron chi connectivity index (χ0n) is 13.1. The molecule has 3 atom stereocenters. The fourth-order valence-electron chi connectivity index (χ4n) is 3.16. The molecule has 1 N–H and O–H groups in total. The highest BCUT2D eigenvalue weighted by atomic mass is 16.5. The van der Waals surface area contributed by atoms with Gasteiger partial charge in [0.25, 0.3) is 0 Å². The third-order valence-electron chi connectivity index (χ3n) is 4.51. The van der Waals surface area contributed by atoms with E-state index in [1.54, 1.807) is 18.7 Å². The minimum Gasteiger partial charge on any atom is -0.508 e. The van der Waals surface area contributed by atoms with Gasteiger partial charge in [-0.15, -0.1) is 0 Å². The molecule has 2 aromatic rings. The van der Waals surface area contributed by atoms with Gasteiger partial charge >= 0.3 is 0 Å². The van der Waals surface area contributed by atoms with E-state index in [2.05, 4.69) is 30.0 Å². The molecule has 0 amide bonds. The molecule has 3 rings (SSSR count). The number of phenolic OH excluding ortho intramolecular Hbond substituents is 1. The van der Waals surface area contributed by atoms with E-state index in [4.69, 9.17) is 4.74 Å². The Bertz CT molecular complexity index is 612. The van der Waals surface area contributed by atoms with Crippen molar-refractivity contribution in [3.05, 3.63) is 42.0 Å². The zero-order valence-corrected chi connectivity index (χ0v) is 13.1. The van der Waals surface area contributed by atoms with Crippen molar-refractivity contribution in [3.8, 4) is 5.75 Å². The van der Waals surface area contributed by atoms with Crippen LogP contribution in [0.4, 0.5) is 0 Å². The summed E-state index contributed by atoms with van der Waals surface area (Å²) in [4.78, 5) is 3.98. The molecule has 0 unspecified atom stereocenters. The first-order valence-corrected chi connectivity index (χ1v) is 7.95. The monoisotopic (exact) mass is 301 g/mol. The average Bonchev–Trinajstić information content (AvgIpc) is 3.01. The Labute approximate surface area is 131 Å². The number of rotatable bonds is 5. The van der Waals surface area contributed by atoms with Crippen molar-refractivity contribution in [2.45, 2.75) is 51.9 Å². The van der Waals surface area contributed by atoms with E-state index in [9.17, 15) is 5.11 Å². The molecule has 118 valence electrons. The maximum absolute atomic E-state index is 10.1. The molecule has 1 aliphatic carbocycles. The van der Waals surface area contributed by atoms with Crippen LogP contribution in [0.5, 0.6) is 5.75 Å². The fourth-order valence-corrected chi connectivity index (χ4v) is 3.16. The predicted octanol–water partition coefficient (Wildman–Crippen LogP) is 2.58. The summed E-state index contributed by atoms with van der Waals surface area (Å²) in [6.45, 7) is 5.06. The molecule has 1 aliphatic rings. The lowest BCUT2D eigenvalue weighted by Crippen LogP contribution is -2.35. The molecular weight excluding hydrogens is 278 g/mol. The molecule has 0 saturated carbocycles. The van der Waals surface area contributed by atoms with E-state index < -0.39 is 0 Å². The van der Waals surface area contributed by atoms with Crippen molar-refractivity contribution in [3.63, 3.8) is 0 Å². The van der Waals surface area contributed by atoms with Crippen LogP contribution in [0.2, 0.25) is 0 Å². The van der Waals surface area contributed by atoms with Crippen molar-refractivity contribution in [2.24, 2.45) is 5.92 Å². The first-order valence-electron chi connectivity index (χ1n) is 7.95. The van der Waals surface area contributed by atoms with Gasteiger partial charge < -0.3 is 9.84 Å². The van der Waals surface area contributed by atoms with Crippen molar-refractivity contribution < 1.29 is 9.84 Å². The molecule has 0 bridgehead atoms.